The minimum atomic E-state index is -4.83. The number of hydrogen-bond acceptors (Lipinski definition) is 5. The molecule has 10 heteroatoms. The number of carbonyl (C=O) groups excluding carboxylic acids is 1. The lowest BCUT2D eigenvalue weighted by molar-refractivity contribution is -0.274. The number of amides is 1. The Bertz CT molecular complexity index is 714. The maximum absolute atomic E-state index is 12.2. The van der Waals surface area contributed by atoms with Crippen LogP contribution in [0.2, 0.25) is 0 Å². The number of ether oxygens (including phenoxy) is 1. The molecule has 0 spiro atoms. The second-order valence-electron chi connectivity index (χ2n) is 5.00. The van der Waals surface area contributed by atoms with Crippen molar-refractivity contribution < 1.29 is 37.1 Å². The minimum absolute atomic E-state index is 0.123. The first kappa shape index (κ1) is 18.3. The molecule has 134 valence electrons. The number of nitrogens with one attached hydrogen (secondary N) is 1. The molecule has 0 radical (unpaired) electrons. The molecule has 1 unspecified atom stereocenters. The van der Waals surface area contributed by atoms with Gasteiger partial charge in [-0.2, -0.15) is 0 Å². The van der Waals surface area contributed by atoms with E-state index < -0.39 is 36.5 Å². The van der Waals surface area contributed by atoms with Gasteiger partial charge in [-0.1, -0.05) is 17.3 Å². The minimum Gasteiger partial charge on any atom is -0.481 e. The maximum atomic E-state index is 12.2. The van der Waals surface area contributed by atoms with Gasteiger partial charge < -0.3 is 19.7 Å². The van der Waals surface area contributed by atoms with E-state index in [2.05, 4.69) is 19.7 Å². The number of benzene rings is 1. The van der Waals surface area contributed by atoms with Crippen LogP contribution in [-0.4, -0.2) is 28.5 Å². The third-order valence-corrected chi connectivity index (χ3v) is 3.06. The van der Waals surface area contributed by atoms with Crippen molar-refractivity contribution in [3.05, 3.63) is 47.9 Å². The van der Waals surface area contributed by atoms with Crippen LogP contribution in [0.4, 0.5) is 13.2 Å². The molecule has 1 atom stereocenters. The molecule has 0 fully saturated rings. The summed E-state index contributed by atoms with van der Waals surface area (Å²) in [5.41, 5.74) is 0.686. The number of alkyl halides is 3. The second-order valence-corrected chi connectivity index (χ2v) is 5.00. The summed E-state index contributed by atoms with van der Waals surface area (Å²) in [4.78, 5) is 23.0. The molecule has 0 bridgehead atoms. The third-order valence-electron chi connectivity index (χ3n) is 3.06. The zero-order valence-corrected chi connectivity index (χ0v) is 12.6. The van der Waals surface area contributed by atoms with Crippen molar-refractivity contribution >= 4 is 11.9 Å². The van der Waals surface area contributed by atoms with E-state index in [1.165, 1.54) is 24.5 Å². The monoisotopic (exact) mass is 358 g/mol. The number of carboxylic acid groups (broad SMARTS) is 1. The summed E-state index contributed by atoms with van der Waals surface area (Å²) >= 11 is 0. The van der Waals surface area contributed by atoms with Gasteiger partial charge in [0.1, 0.15) is 12.0 Å². The molecule has 2 aromatic rings. The molecule has 0 aliphatic heterocycles. The van der Waals surface area contributed by atoms with E-state index in [9.17, 15) is 22.8 Å². The zero-order valence-electron chi connectivity index (χ0n) is 12.6. The van der Waals surface area contributed by atoms with E-state index in [4.69, 9.17) is 5.11 Å². The Morgan fingerprint density at radius 2 is 1.92 bits per heavy atom. The summed E-state index contributed by atoms with van der Waals surface area (Å²) in [5, 5.41) is 15.0. The van der Waals surface area contributed by atoms with Gasteiger partial charge in [-0.25, -0.2) is 0 Å². The van der Waals surface area contributed by atoms with E-state index >= 15 is 0 Å². The molecule has 1 heterocycles. The standard InChI is InChI=1S/C15H13F3N2O5/c16-15(17,18)25-11-3-1-9(2-4-11)12(8-14(22)23)19-13(21)7-10-5-6-24-20-10/h1-6,12H,7-8H2,(H,19,21)(H,22,23). The van der Waals surface area contributed by atoms with Crippen molar-refractivity contribution in [1.29, 1.82) is 0 Å². The first-order valence-electron chi connectivity index (χ1n) is 6.99. The Kier molecular flexibility index (Phi) is 5.63. The number of carbonyl (C=O) groups is 2. The van der Waals surface area contributed by atoms with Gasteiger partial charge in [-0.05, 0) is 17.7 Å². The van der Waals surface area contributed by atoms with Crippen LogP contribution in [0, 0.1) is 0 Å². The van der Waals surface area contributed by atoms with Crippen molar-refractivity contribution in [3.8, 4) is 5.75 Å². The molecule has 0 aliphatic rings. The molecule has 2 rings (SSSR count). The van der Waals surface area contributed by atoms with Gasteiger partial charge in [0.05, 0.1) is 24.6 Å². The zero-order chi connectivity index (χ0) is 18.4. The fourth-order valence-electron chi connectivity index (χ4n) is 2.07. The highest BCUT2D eigenvalue weighted by atomic mass is 19.4. The Hall–Kier alpha value is -3.04. The molecule has 1 amide bonds. The van der Waals surface area contributed by atoms with Gasteiger partial charge in [-0.15, -0.1) is 13.2 Å². The van der Waals surface area contributed by atoms with Crippen molar-refractivity contribution in [2.45, 2.75) is 25.2 Å². The highest BCUT2D eigenvalue weighted by Crippen LogP contribution is 2.25. The lowest BCUT2D eigenvalue weighted by Gasteiger charge is -2.18. The van der Waals surface area contributed by atoms with E-state index in [-0.39, 0.29) is 6.42 Å². The van der Waals surface area contributed by atoms with Crippen LogP contribution < -0.4 is 10.1 Å². The average Bonchev–Trinajstić information content (AvgIpc) is 2.98. The smallest absolute Gasteiger partial charge is 0.481 e. The normalized spacial score (nSPS) is 12.4. The third kappa shape index (κ3) is 6.16. The molecule has 0 saturated carbocycles. The van der Waals surface area contributed by atoms with Crippen molar-refractivity contribution in [2.24, 2.45) is 0 Å². The molecule has 1 aromatic heterocycles. The van der Waals surface area contributed by atoms with Crippen LogP contribution in [0.5, 0.6) is 5.75 Å². The number of nitrogens with zero attached hydrogens (tertiary/aromatic N) is 1. The highest BCUT2D eigenvalue weighted by molar-refractivity contribution is 5.79. The molecular formula is C15H13F3N2O5. The Morgan fingerprint density at radius 3 is 2.44 bits per heavy atom. The van der Waals surface area contributed by atoms with Gasteiger partial charge in [0.25, 0.3) is 0 Å². The average molecular weight is 358 g/mol. The first-order chi connectivity index (χ1) is 11.7. The number of aromatic nitrogens is 1. The Morgan fingerprint density at radius 1 is 1.24 bits per heavy atom. The fourth-order valence-corrected chi connectivity index (χ4v) is 2.07. The fraction of sp³-hybridized carbons (Fsp3) is 0.267. The second kappa shape index (κ2) is 7.69. The summed E-state index contributed by atoms with van der Waals surface area (Å²) in [6, 6.07) is 5.16. The summed E-state index contributed by atoms with van der Waals surface area (Å²) in [5.74, 6) is -2.13. The van der Waals surface area contributed by atoms with Crippen LogP contribution in [-0.2, 0) is 16.0 Å². The Labute approximate surface area is 139 Å². The molecule has 0 aliphatic carbocycles. The lowest BCUT2D eigenvalue weighted by Crippen LogP contribution is -2.31. The van der Waals surface area contributed by atoms with Crippen LogP contribution in [0.25, 0.3) is 0 Å². The van der Waals surface area contributed by atoms with Crippen molar-refractivity contribution in [3.63, 3.8) is 0 Å². The SMILES string of the molecule is O=C(O)CC(NC(=O)Cc1ccon1)c1ccc(OC(F)(F)F)cc1. The highest BCUT2D eigenvalue weighted by Gasteiger charge is 2.31. The molecule has 25 heavy (non-hydrogen) atoms. The summed E-state index contributed by atoms with van der Waals surface area (Å²) in [7, 11) is 0. The van der Waals surface area contributed by atoms with Crippen LogP contribution in [0.3, 0.4) is 0 Å². The van der Waals surface area contributed by atoms with Crippen LogP contribution in [0.1, 0.15) is 23.7 Å². The first-order valence-corrected chi connectivity index (χ1v) is 6.99. The molecule has 7 nitrogen and oxygen atoms in total. The van der Waals surface area contributed by atoms with Crippen LogP contribution >= 0.6 is 0 Å². The topological polar surface area (TPSA) is 102 Å². The van der Waals surface area contributed by atoms with Crippen molar-refractivity contribution in [2.75, 3.05) is 0 Å². The number of aliphatic carboxylic acids is 1. The van der Waals surface area contributed by atoms with Gasteiger partial charge in [0.2, 0.25) is 5.91 Å². The van der Waals surface area contributed by atoms with Gasteiger partial charge in [-0.3, -0.25) is 9.59 Å². The molecular weight excluding hydrogens is 345 g/mol. The van der Waals surface area contributed by atoms with Gasteiger partial charge >= 0.3 is 12.3 Å². The van der Waals surface area contributed by atoms with Gasteiger partial charge in [0, 0.05) is 6.07 Å². The number of hydrogen-bond donors (Lipinski definition) is 2. The van der Waals surface area contributed by atoms with E-state index in [1.807, 2.05) is 0 Å². The maximum Gasteiger partial charge on any atom is 0.573 e. The molecule has 1 aromatic carbocycles. The Balaban J connectivity index is 2.08. The number of carboxylic acids is 1. The van der Waals surface area contributed by atoms with Crippen molar-refractivity contribution in [1.82, 2.24) is 10.5 Å². The van der Waals surface area contributed by atoms with E-state index in [0.717, 1.165) is 12.1 Å². The molecule has 0 saturated heterocycles. The predicted molar refractivity (Wildman–Crippen MR) is 76.5 cm³/mol. The van der Waals surface area contributed by atoms with E-state index in [1.54, 1.807) is 0 Å². The number of halogens is 3. The summed E-state index contributed by atoms with van der Waals surface area (Å²) in [6.07, 6.45) is -4.10. The summed E-state index contributed by atoms with van der Waals surface area (Å²) < 4.78 is 44.8. The number of rotatable bonds is 7. The largest absolute Gasteiger partial charge is 0.573 e. The van der Waals surface area contributed by atoms with E-state index in [0.29, 0.717) is 11.3 Å². The van der Waals surface area contributed by atoms with Gasteiger partial charge in [0.15, 0.2) is 0 Å². The molecule has 2 N–H and O–H groups in total. The lowest BCUT2D eigenvalue weighted by atomic mass is 10.0. The quantitative estimate of drug-likeness (QED) is 0.788. The summed E-state index contributed by atoms with van der Waals surface area (Å²) in [6.45, 7) is 0. The predicted octanol–water partition coefficient (Wildman–Crippen LogP) is 2.45. The van der Waals surface area contributed by atoms with Crippen LogP contribution in [0.15, 0.2) is 41.1 Å².